The summed E-state index contributed by atoms with van der Waals surface area (Å²) >= 11 is 0. The lowest BCUT2D eigenvalue weighted by molar-refractivity contribution is 1.26. The Balaban J connectivity index is 1.44. The average Bonchev–Trinajstić information content (AvgIpc) is 3.01. The average molecular weight is 514 g/mol. The standard InChI is InChI=1S/C37H27N3/c1-24-15-18-39-35(20-24)28-10-6-11-29(21-28)37-25(2)30(16-19-40-37)34-23-36-32(12-7-17-38-36)31-14-13-27(22-33(31)34)26-8-4-3-5-9-26/h3-23H,1-2H3. The first-order valence-corrected chi connectivity index (χ1v) is 13.5. The molecule has 0 unspecified atom stereocenters. The molecule has 0 aliphatic carbocycles. The van der Waals surface area contributed by atoms with Gasteiger partial charge in [-0.15, -0.1) is 0 Å². The third-order valence-corrected chi connectivity index (χ3v) is 7.67. The maximum absolute atomic E-state index is 4.86. The molecule has 3 heterocycles. The molecule has 0 bridgehead atoms. The van der Waals surface area contributed by atoms with Gasteiger partial charge in [0.15, 0.2) is 0 Å². The second-order valence-corrected chi connectivity index (χ2v) is 10.3. The van der Waals surface area contributed by atoms with E-state index in [1.54, 1.807) is 0 Å². The van der Waals surface area contributed by atoms with Crippen molar-refractivity contribution in [3.05, 3.63) is 139 Å². The van der Waals surface area contributed by atoms with E-state index in [1.807, 2.05) is 30.7 Å². The van der Waals surface area contributed by atoms with E-state index in [0.29, 0.717) is 0 Å². The zero-order valence-corrected chi connectivity index (χ0v) is 22.5. The maximum atomic E-state index is 4.86. The van der Waals surface area contributed by atoms with Gasteiger partial charge in [-0.1, -0.05) is 66.7 Å². The first-order chi connectivity index (χ1) is 19.7. The zero-order valence-electron chi connectivity index (χ0n) is 22.5. The number of rotatable bonds is 4. The van der Waals surface area contributed by atoms with E-state index < -0.39 is 0 Å². The van der Waals surface area contributed by atoms with Crippen LogP contribution in [-0.2, 0) is 0 Å². The van der Waals surface area contributed by atoms with Gasteiger partial charge in [0.1, 0.15) is 0 Å². The molecule has 0 spiro atoms. The highest BCUT2D eigenvalue weighted by Crippen LogP contribution is 2.39. The maximum Gasteiger partial charge on any atom is 0.0737 e. The van der Waals surface area contributed by atoms with Crippen molar-refractivity contribution in [3.8, 4) is 44.8 Å². The summed E-state index contributed by atoms with van der Waals surface area (Å²) in [6.07, 6.45) is 5.65. The smallest absolute Gasteiger partial charge is 0.0737 e. The summed E-state index contributed by atoms with van der Waals surface area (Å²) in [5.74, 6) is 0. The molecule has 0 N–H and O–H groups in total. The molecular weight excluding hydrogens is 486 g/mol. The van der Waals surface area contributed by atoms with Gasteiger partial charge in [0.2, 0.25) is 0 Å². The number of pyridine rings is 3. The van der Waals surface area contributed by atoms with E-state index in [1.165, 1.54) is 27.5 Å². The summed E-state index contributed by atoms with van der Waals surface area (Å²) in [6.45, 7) is 4.26. The molecule has 40 heavy (non-hydrogen) atoms. The number of aromatic nitrogens is 3. The predicted molar refractivity (Wildman–Crippen MR) is 166 cm³/mol. The van der Waals surface area contributed by atoms with Gasteiger partial charge in [-0.25, -0.2) is 0 Å². The van der Waals surface area contributed by atoms with E-state index in [0.717, 1.165) is 50.1 Å². The minimum atomic E-state index is 0.968. The second-order valence-electron chi connectivity index (χ2n) is 10.3. The van der Waals surface area contributed by atoms with Crippen molar-refractivity contribution in [2.45, 2.75) is 13.8 Å². The Morgan fingerprint density at radius 1 is 0.450 bits per heavy atom. The molecule has 7 aromatic rings. The Morgan fingerprint density at radius 2 is 1.27 bits per heavy atom. The number of nitrogens with zero attached hydrogens (tertiary/aromatic N) is 3. The molecule has 0 fully saturated rings. The largest absolute Gasteiger partial charge is 0.256 e. The van der Waals surface area contributed by atoms with Crippen LogP contribution in [0.4, 0.5) is 0 Å². The van der Waals surface area contributed by atoms with Crippen LogP contribution in [0.2, 0.25) is 0 Å². The second kappa shape index (κ2) is 9.87. The van der Waals surface area contributed by atoms with Crippen LogP contribution in [0.3, 0.4) is 0 Å². The van der Waals surface area contributed by atoms with Crippen molar-refractivity contribution in [2.24, 2.45) is 0 Å². The summed E-state index contributed by atoms with van der Waals surface area (Å²) in [5.41, 5.74) is 12.1. The molecule has 7 rings (SSSR count). The van der Waals surface area contributed by atoms with Crippen molar-refractivity contribution < 1.29 is 0 Å². The molecule has 0 atom stereocenters. The monoisotopic (exact) mass is 513 g/mol. The number of aryl methyl sites for hydroxylation is 1. The Morgan fingerprint density at radius 3 is 2.15 bits per heavy atom. The Bertz CT molecular complexity index is 2030. The van der Waals surface area contributed by atoms with Crippen molar-refractivity contribution in [2.75, 3.05) is 0 Å². The third kappa shape index (κ3) is 4.22. The van der Waals surface area contributed by atoms with Gasteiger partial charge in [0.05, 0.1) is 16.9 Å². The molecule has 3 nitrogen and oxygen atoms in total. The number of hydrogen-bond donors (Lipinski definition) is 0. The SMILES string of the molecule is Cc1ccnc(-c2cccc(-c3nccc(-c4cc5ncccc5c5ccc(-c6ccccc6)cc45)c3C)c2)c1. The molecule has 0 aliphatic heterocycles. The summed E-state index contributed by atoms with van der Waals surface area (Å²) < 4.78 is 0. The van der Waals surface area contributed by atoms with Crippen LogP contribution in [0.25, 0.3) is 66.4 Å². The Labute approximate surface area is 233 Å². The molecule has 0 saturated heterocycles. The quantitative estimate of drug-likeness (QED) is 0.220. The van der Waals surface area contributed by atoms with Gasteiger partial charge in [-0.2, -0.15) is 0 Å². The minimum Gasteiger partial charge on any atom is -0.256 e. The van der Waals surface area contributed by atoms with Crippen LogP contribution in [0.1, 0.15) is 11.1 Å². The highest BCUT2D eigenvalue weighted by molar-refractivity contribution is 6.14. The van der Waals surface area contributed by atoms with Gasteiger partial charge in [-0.3, -0.25) is 15.0 Å². The fraction of sp³-hybridized carbons (Fsp3) is 0.0541. The van der Waals surface area contributed by atoms with Crippen molar-refractivity contribution in [3.63, 3.8) is 0 Å². The molecule has 0 radical (unpaired) electrons. The van der Waals surface area contributed by atoms with E-state index in [4.69, 9.17) is 9.97 Å². The molecule has 0 aliphatic rings. The summed E-state index contributed by atoms with van der Waals surface area (Å²) in [6, 6.07) is 38.5. The third-order valence-electron chi connectivity index (χ3n) is 7.67. The summed E-state index contributed by atoms with van der Waals surface area (Å²) in [5, 5.41) is 3.57. The lowest BCUT2D eigenvalue weighted by Gasteiger charge is -2.16. The van der Waals surface area contributed by atoms with Crippen LogP contribution >= 0.6 is 0 Å². The van der Waals surface area contributed by atoms with Gasteiger partial charge < -0.3 is 0 Å². The Kier molecular flexibility index (Phi) is 5.90. The van der Waals surface area contributed by atoms with Crippen molar-refractivity contribution in [1.82, 2.24) is 15.0 Å². The number of benzene rings is 4. The zero-order chi connectivity index (χ0) is 27.1. The van der Waals surface area contributed by atoms with Gasteiger partial charge in [0.25, 0.3) is 0 Å². The highest BCUT2D eigenvalue weighted by atomic mass is 14.7. The Hall–Kier alpha value is -5.15. The number of hydrogen-bond acceptors (Lipinski definition) is 3. The normalized spacial score (nSPS) is 11.2. The lowest BCUT2D eigenvalue weighted by Crippen LogP contribution is -1.95. The van der Waals surface area contributed by atoms with Crippen molar-refractivity contribution in [1.29, 1.82) is 0 Å². The van der Waals surface area contributed by atoms with Crippen LogP contribution < -0.4 is 0 Å². The summed E-state index contributed by atoms with van der Waals surface area (Å²) in [7, 11) is 0. The molecule has 4 aromatic carbocycles. The molecule has 3 heteroatoms. The van der Waals surface area contributed by atoms with Crippen LogP contribution in [0, 0.1) is 13.8 Å². The van der Waals surface area contributed by atoms with Gasteiger partial charge >= 0.3 is 0 Å². The van der Waals surface area contributed by atoms with E-state index in [2.05, 4.69) is 116 Å². The minimum absolute atomic E-state index is 0.968. The topological polar surface area (TPSA) is 38.7 Å². The fourth-order valence-corrected chi connectivity index (χ4v) is 5.65. The van der Waals surface area contributed by atoms with Crippen molar-refractivity contribution >= 4 is 21.7 Å². The van der Waals surface area contributed by atoms with Gasteiger partial charge in [-0.05, 0) is 100 Å². The molecule has 3 aromatic heterocycles. The highest BCUT2D eigenvalue weighted by Gasteiger charge is 2.16. The molecule has 0 amide bonds. The molecule has 0 saturated carbocycles. The molecular formula is C37H27N3. The van der Waals surface area contributed by atoms with Crippen LogP contribution in [0.15, 0.2) is 128 Å². The first kappa shape index (κ1) is 23.9. The lowest BCUT2D eigenvalue weighted by atomic mass is 9.89. The summed E-state index contributed by atoms with van der Waals surface area (Å²) in [4.78, 5) is 14.2. The predicted octanol–water partition coefficient (Wildman–Crippen LogP) is 9.46. The molecule has 190 valence electrons. The fourth-order valence-electron chi connectivity index (χ4n) is 5.65. The first-order valence-electron chi connectivity index (χ1n) is 13.5. The van der Waals surface area contributed by atoms with Crippen LogP contribution in [-0.4, -0.2) is 15.0 Å². The van der Waals surface area contributed by atoms with Crippen LogP contribution in [0.5, 0.6) is 0 Å². The van der Waals surface area contributed by atoms with Gasteiger partial charge in [0, 0.05) is 35.1 Å². The van der Waals surface area contributed by atoms with E-state index >= 15 is 0 Å². The van der Waals surface area contributed by atoms with E-state index in [9.17, 15) is 0 Å². The van der Waals surface area contributed by atoms with E-state index in [-0.39, 0.29) is 0 Å². The number of fused-ring (bicyclic) bond motifs is 3.